The van der Waals surface area contributed by atoms with Crippen molar-refractivity contribution in [3.05, 3.63) is 46.5 Å². The summed E-state index contributed by atoms with van der Waals surface area (Å²) in [5, 5.41) is 12.5. The van der Waals surface area contributed by atoms with Crippen LogP contribution in [0.4, 0.5) is 5.69 Å². The zero-order valence-corrected chi connectivity index (χ0v) is 17.2. The fraction of sp³-hybridized carbons (Fsp3) is 0.450. The number of carbonyl (C=O) groups excluding carboxylic acids is 1. The van der Waals surface area contributed by atoms with Crippen LogP contribution in [-0.4, -0.2) is 58.8 Å². The van der Waals surface area contributed by atoms with Crippen LogP contribution in [0.1, 0.15) is 46.9 Å². The van der Waals surface area contributed by atoms with Gasteiger partial charge in [0.2, 0.25) is 0 Å². The third kappa shape index (κ3) is 4.89. The Kier molecular flexibility index (Phi) is 6.76. The number of anilines is 1. The molecule has 1 aromatic heterocycles. The quantitative estimate of drug-likeness (QED) is 0.635. The predicted molar refractivity (Wildman–Crippen MR) is 110 cm³/mol. The molecular formula is C20H25ClN4O4. The van der Waals surface area contributed by atoms with Crippen molar-refractivity contribution in [2.24, 2.45) is 0 Å². The number of piperidine rings is 1. The highest BCUT2D eigenvalue weighted by molar-refractivity contribution is 6.30. The average Bonchev–Trinajstić information content (AvgIpc) is 3.10. The number of aromatic nitrogens is 2. The molecule has 0 radical (unpaired) electrons. The summed E-state index contributed by atoms with van der Waals surface area (Å²) in [5.74, 6) is -1.08. The number of aromatic amines is 1. The standard InChI is InChI=1S/C20H25ClN4O4/c1-3-14-17(21)24-18(22-14)19(26)23-15-8-9-25(11-16(15)29-4-2)13-7-5-6-12(10-13)20(27)28/h5-7,10,15-16H,3-4,8-9,11H2,1-2H3,(H,22,24)(H,23,26)(H,27,28)/t15-,16+/m1/s1. The van der Waals surface area contributed by atoms with E-state index in [1.165, 1.54) is 0 Å². The molecule has 29 heavy (non-hydrogen) atoms. The molecular weight excluding hydrogens is 396 g/mol. The van der Waals surface area contributed by atoms with E-state index in [1.54, 1.807) is 18.2 Å². The van der Waals surface area contributed by atoms with E-state index in [2.05, 4.69) is 20.2 Å². The molecule has 1 aliphatic heterocycles. The lowest BCUT2D eigenvalue weighted by Crippen LogP contribution is -2.55. The number of carboxylic acids is 1. The minimum atomic E-state index is -0.959. The molecule has 3 rings (SSSR count). The van der Waals surface area contributed by atoms with Gasteiger partial charge < -0.3 is 25.0 Å². The van der Waals surface area contributed by atoms with Crippen molar-refractivity contribution in [3.8, 4) is 0 Å². The highest BCUT2D eigenvalue weighted by Crippen LogP contribution is 2.23. The van der Waals surface area contributed by atoms with Gasteiger partial charge in [-0.2, -0.15) is 0 Å². The summed E-state index contributed by atoms with van der Waals surface area (Å²) < 4.78 is 5.88. The van der Waals surface area contributed by atoms with Crippen LogP contribution in [-0.2, 0) is 11.2 Å². The molecule has 1 aliphatic rings. The van der Waals surface area contributed by atoms with Gasteiger partial charge in [0.15, 0.2) is 11.0 Å². The molecule has 0 bridgehead atoms. The van der Waals surface area contributed by atoms with E-state index in [-0.39, 0.29) is 29.4 Å². The molecule has 1 amide bonds. The van der Waals surface area contributed by atoms with Crippen molar-refractivity contribution in [1.29, 1.82) is 0 Å². The Morgan fingerprint density at radius 3 is 2.86 bits per heavy atom. The number of carbonyl (C=O) groups is 2. The number of rotatable bonds is 7. The molecule has 0 spiro atoms. The number of imidazole rings is 1. The number of aromatic carboxylic acids is 1. The smallest absolute Gasteiger partial charge is 0.335 e. The number of halogens is 1. The van der Waals surface area contributed by atoms with Gasteiger partial charge in [-0.3, -0.25) is 4.79 Å². The van der Waals surface area contributed by atoms with Crippen LogP contribution >= 0.6 is 11.6 Å². The summed E-state index contributed by atoms with van der Waals surface area (Å²) in [6.45, 7) is 5.55. The first kappa shape index (κ1) is 21.1. The zero-order valence-electron chi connectivity index (χ0n) is 16.4. The molecule has 0 saturated carbocycles. The lowest BCUT2D eigenvalue weighted by atomic mass is 10.0. The second-order valence-electron chi connectivity index (χ2n) is 6.87. The normalized spacial score (nSPS) is 19.2. The first-order chi connectivity index (χ1) is 13.9. The van der Waals surface area contributed by atoms with Gasteiger partial charge >= 0.3 is 5.97 Å². The van der Waals surface area contributed by atoms with Crippen molar-refractivity contribution in [2.75, 3.05) is 24.6 Å². The Balaban J connectivity index is 1.71. The molecule has 156 valence electrons. The molecule has 1 saturated heterocycles. The summed E-state index contributed by atoms with van der Waals surface area (Å²) in [4.78, 5) is 33.0. The van der Waals surface area contributed by atoms with Crippen LogP contribution in [0.2, 0.25) is 5.15 Å². The van der Waals surface area contributed by atoms with Crippen molar-refractivity contribution in [1.82, 2.24) is 15.3 Å². The average molecular weight is 421 g/mol. The van der Waals surface area contributed by atoms with Gasteiger partial charge in [0.25, 0.3) is 5.91 Å². The molecule has 8 nitrogen and oxygen atoms in total. The van der Waals surface area contributed by atoms with Gasteiger partial charge in [-0.05, 0) is 38.0 Å². The number of nitrogens with zero attached hydrogens (tertiary/aromatic N) is 2. The molecule has 0 unspecified atom stereocenters. The molecule has 1 aromatic carbocycles. The number of H-pyrrole nitrogens is 1. The number of aryl methyl sites for hydroxylation is 1. The maximum Gasteiger partial charge on any atom is 0.335 e. The van der Waals surface area contributed by atoms with Crippen LogP contribution in [0.25, 0.3) is 0 Å². The molecule has 2 heterocycles. The topological polar surface area (TPSA) is 108 Å². The number of nitrogens with one attached hydrogen (secondary N) is 2. The zero-order chi connectivity index (χ0) is 21.0. The molecule has 2 aromatic rings. The van der Waals surface area contributed by atoms with E-state index < -0.39 is 5.97 Å². The summed E-state index contributed by atoms with van der Waals surface area (Å²) in [6, 6.07) is 6.65. The van der Waals surface area contributed by atoms with Crippen LogP contribution in [0.5, 0.6) is 0 Å². The lowest BCUT2D eigenvalue weighted by molar-refractivity contribution is 0.0271. The Labute approximate surface area is 174 Å². The van der Waals surface area contributed by atoms with Crippen molar-refractivity contribution in [2.45, 2.75) is 38.8 Å². The number of ether oxygens (including phenoxy) is 1. The van der Waals surface area contributed by atoms with Gasteiger partial charge in [-0.1, -0.05) is 24.6 Å². The first-order valence-electron chi connectivity index (χ1n) is 9.68. The van der Waals surface area contributed by atoms with Crippen LogP contribution in [0.15, 0.2) is 24.3 Å². The monoisotopic (exact) mass is 420 g/mol. The number of carboxylic acid groups (broad SMARTS) is 1. The van der Waals surface area contributed by atoms with Gasteiger partial charge in [0.1, 0.15) is 0 Å². The third-order valence-electron chi connectivity index (χ3n) is 5.01. The van der Waals surface area contributed by atoms with Crippen LogP contribution in [0, 0.1) is 0 Å². The second-order valence-corrected chi connectivity index (χ2v) is 7.23. The van der Waals surface area contributed by atoms with Crippen molar-refractivity contribution in [3.63, 3.8) is 0 Å². The van der Waals surface area contributed by atoms with Crippen LogP contribution < -0.4 is 10.2 Å². The molecule has 3 N–H and O–H groups in total. The molecule has 0 aliphatic carbocycles. The minimum Gasteiger partial charge on any atom is -0.478 e. The van der Waals surface area contributed by atoms with E-state index >= 15 is 0 Å². The Morgan fingerprint density at radius 2 is 2.21 bits per heavy atom. The molecule has 1 fully saturated rings. The van der Waals surface area contributed by atoms with Gasteiger partial charge in [-0.25, -0.2) is 9.78 Å². The number of hydrogen-bond donors (Lipinski definition) is 3. The molecule has 9 heteroatoms. The van der Waals surface area contributed by atoms with E-state index in [9.17, 15) is 14.7 Å². The summed E-state index contributed by atoms with van der Waals surface area (Å²) in [7, 11) is 0. The van der Waals surface area contributed by atoms with E-state index in [0.717, 1.165) is 11.4 Å². The third-order valence-corrected chi connectivity index (χ3v) is 5.32. The summed E-state index contributed by atoms with van der Waals surface area (Å²) in [6.07, 6.45) is 1.08. The SMILES string of the molecule is CCO[C@H]1CN(c2cccc(C(=O)O)c2)CC[C@H]1NC(=O)c1nc(Cl)c(CC)[nH]1. The fourth-order valence-electron chi connectivity index (χ4n) is 3.50. The predicted octanol–water partition coefficient (Wildman–Crippen LogP) is 2.74. The number of amides is 1. The highest BCUT2D eigenvalue weighted by atomic mass is 35.5. The first-order valence-corrected chi connectivity index (χ1v) is 10.1. The Bertz CT molecular complexity index is 885. The van der Waals surface area contributed by atoms with Gasteiger partial charge in [-0.15, -0.1) is 0 Å². The number of hydrogen-bond acceptors (Lipinski definition) is 5. The van der Waals surface area contributed by atoms with Crippen molar-refractivity contribution < 1.29 is 19.4 Å². The largest absolute Gasteiger partial charge is 0.478 e. The van der Waals surface area contributed by atoms with Crippen molar-refractivity contribution >= 4 is 29.2 Å². The maximum atomic E-state index is 12.6. The van der Waals surface area contributed by atoms with Gasteiger partial charge in [0, 0.05) is 25.4 Å². The summed E-state index contributed by atoms with van der Waals surface area (Å²) in [5.41, 5.74) is 1.79. The van der Waals surface area contributed by atoms with E-state index in [0.29, 0.717) is 37.7 Å². The second kappa shape index (κ2) is 9.28. The minimum absolute atomic E-state index is 0.185. The van der Waals surface area contributed by atoms with E-state index in [4.69, 9.17) is 16.3 Å². The van der Waals surface area contributed by atoms with Gasteiger partial charge in [0.05, 0.1) is 23.4 Å². The molecule has 2 atom stereocenters. The maximum absolute atomic E-state index is 12.6. The number of benzene rings is 1. The Hall–Kier alpha value is -2.58. The highest BCUT2D eigenvalue weighted by Gasteiger charge is 2.32. The summed E-state index contributed by atoms with van der Waals surface area (Å²) >= 11 is 6.04. The lowest BCUT2D eigenvalue weighted by Gasteiger charge is -2.39. The van der Waals surface area contributed by atoms with Crippen LogP contribution in [0.3, 0.4) is 0 Å². The fourth-order valence-corrected chi connectivity index (χ4v) is 3.77. The van der Waals surface area contributed by atoms with E-state index in [1.807, 2.05) is 19.9 Å². The Morgan fingerprint density at radius 1 is 1.41 bits per heavy atom.